The highest BCUT2D eigenvalue weighted by Gasteiger charge is 2.13. The molecule has 1 amide bonds. The Labute approximate surface area is 163 Å². The average Bonchev–Trinajstić information content (AvgIpc) is 2.69. The summed E-state index contributed by atoms with van der Waals surface area (Å²) in [6, 6.07) is 12.6. The number of rotatable bonds is 6. The average molecular weight is 378 g/mol. The van der Waals surface area contributed by atoms with Gasteiger partial charge in [0.1, 0.15) is 23.0 Å². The molecule has 8 heteroatoms. The molecule has 3 aromatic rings. The second kappa shape index (κ2) is 8.34. The first-order chi connectivity index (χ1) is 13.5. The molecular formula is C20H22N6O2. The fourth-order valence-electron chi connectivity index (χ4n) is 2.55. The van der Waals surface area contributed by atoms with Crippen LogP contribution in [0.25, 0.3) is 0 Å². The van der Waals surface area contributed by atoms with E-state index >= 15 is 0 Å². The maximum atomic E-state index is 12.4. The van der Waals surface area contributed by atoms with Gasteiger partial charge in [0.15, 0.2) is 0 Å². The Bertz CT molecular complexity index is 973. The van der Waals surface area contributed by atoms with Gasteiger partial charge in [0.2, 0.25) is 5.88 Å². The number of anilines is 4. The van der Waals surface area contributed by atoms with Crippen molar-refractivity contribution < 1.29 is 9.53 Å². The summed E-state index contributed by atoms with van der Waals surface area (Å²) >= 11 is 0. The fraction of sp³-hybridized carbons (Fsp3) is 0.200. The summed E-state index contributed by atoms with van der Waals surface area (Å²) in [6.45, 7) is 1.85. The van der Waals surface area contributed by atoms with Gasteiger partial charge in [0.25, 0.3) is 5.91 Å². The molecule has 0 fully saturated rings. The van der Waals surface area contributed by atoms with Crippen molar-refractivity contribution >= 4 is 28.9 Å². The molecule has 3 rings (SSSR count). The zero-order valence-electron chi connectivity index (χ0n) is 16.2. The molecule has 144 valence electrons. The van der Waals surface area contributed by atoms with Crippen LogP contribution in [0.4, 0.5) is 23.0 Å². The van der Waals surface area contributed by atoms with Crippen molar-refractivity contribution in [3.05, 3.63) is 60.0 Å². The van der Waals surface area contributed by atoms with Gasteiger partial charge in [-0.1, -0.05) is 0 Å². The maximum Gasteiger partial charge on any atom is 0.261 e. The van der Waals surface area contributed by atoms with Gasteiger partial charge in [-0.2, -0.15) is 0 Å². The van der Waals surface area contributed by atoms with Gasteiger partial charge in [-0.3, -0.25) is 4.79 Å². The van der Waals surface area contributed by atoms with E-state index in [-0.39, 0.29) is 11.8 Å². The summed E-state index contributed by atoms with van der Waals surface area (Å²) in [4.78, 5) is 27.2. The zero-order chi connectivity index (χ0) is 20.1. The van der Waals surface area contributed by atoms with E-state index in [1.807, 2.05) is 56.3 Å². The van der Waals surface area contributed by atoms with E-state index < -0.39 is 0 Å². The van der Waals surface area contributed by atoms with Gasteiger partial charge >= 0.3 is 0 Å². The number of nitrogens with zero attached hydrogens (tertiary/aromatic N) is 4. The largest absolute Gasteiger partial charge is 0.480 e. The Kier molecular flexibility index (Phi) is 5.69. The molecule has 2 N–H and O–H groups in total. The second-order valence-electron chi connectivity index (χ2n) is 6.27. The number of ether oxygens (including phenoxy) is 1. The van der Waals surface area contributed by atoms with Gasteiger partial charge in [-0.05, 0) is 43.3 Å². The van der Waals surface area contributed by atoms with Crippen LogP contribution in [-0.2, 0) is 0 Å². The Morgan fingerprint density at radius 1 is 1.07 bits per heavy atom. The van der Waals surface area contributed by atoms with Crippen molar-refractivity contribution in [2.45, 2.75) is 6.92 Å². The van der Waals surface area contributed by atoms with Crippen LogP contribution in [0.1, 0.15) is 16.2 Å². The van der Waals surface area contributed by atoms with Crippen molar-refractivity contribution in [1.82, 2.24) is 15.0 Å². The first-order valence-electron chi connectivity index (χ1n) is 8.66. The molecule has 0 unspecified atom stereocenters. The number of pyridine rings is 1. The Balaban J connectivity index is 1.71. The molecule has 28 heavy (non-hydrogen) atoms. The Morgan fingerprint density at radius 2 is 1.79 bits per heavy atom. The minimum Gasteiger partial charge on any atom is -0.480 e. The lowest BCUT2D eigenvalue weighted by molar-refractivity contribution is 0.102. The summed E-state index contributed by atoms with van der Waals surface area (Å²) in [7, 11) is 5.34. The third-order valence-electron chi connectivity index (χ3n) is 3.91. The molecular weight excluding hydrogens is 356 g/mol. The number of hydrogen-bond acceptors (Lipinski definition) is 7. The predicted molar refractivity (Wildman–Crippen MR) is 110 cm³/mol. The number of methoxy groups -OCH3 is 1. The van der Waals surface area contributed by atoms with Crippen LogP contribution in [-0.4, -0.2) is 42.1 Å². The van der Waals surface area contributed by atoms with E-state index in [2.05, 4.69) is 25.6 Å². The van der Waals surface area contributed by atoms with Crippen molar-refractivity contribution in [2.24, 2.45) is 0 Å². The number of amides is 1. The maximum absolute atomic E-state index is 12.4. The molecule has 0 aliphatic carbocycles. The molecule has 0 radical (unpaired) electrons. The van der Waals surface area contributed by atoms with Crippen LogP contribution < -0.4 is 20.3 Å². The van der Waals surface area contributed by atoms with Gasteiger partial charge in [0.05, 0.1) is 7.11 Å². The van der Waals surface area contributed by atoms with Crippen LogP contribution in [0, 0.1) is 6.92 Å². The summed E-state index contributed by atoms with van der Waals surface area (Å²) in [6.07, 6.45) is 1.58. The van der Waals surface area contributed by atoms with Gasteiger partial charge in [0, 0.05) is 37.7 Å². The van der Waals surface area contributed by atoms with E-state index in [1.165, 1.54) is 7.11 Å². The molecule has 2 heterocycles. The number of aromatic nitrogens is 3. The third-order valence-corrected chi connectivity index (χ3v) is 3.91. The lowest BCUT2D eigenvalue weighted by Gasteiger charge is -2.14. The lowest BCUT2D eigenvalue weighted by atomic mass is 10.2. The number of aryl methyl sites for hydroxylation is 1. The summed E-state index contributed by atoms with van der Waals surface area (Å²) in [5.74, 6) is 2.21. The van der Waals surface area contributed by atoms with Crippen molar-refractivity contribution in [3.63, 3.8) is 0 Å². The number of hydrogen-bond donors (Lipinski definition) is 2. The molecule has 0 spiro atoms. The Hall–Kier alpha value is -3.68. The summed E-state index contributed by atoms with van der Waals surface area (Å²) in [5, 5.41) is 6.09. The highest BCUT2D eigenvalue weighted by molar-refractivity contribution is 6.05. The topological polar surface area (TPSA) is 92.3 Å². The molecule has 0 aliphatic heterocycles. The van der Waals surface area contributed by atoms with Crippen molar-refractivity contribution in [1.29, 1.82) is 0 Å². The number of nitrogens with one attached hydrogen (secondary N) is 2. The van der Waals surface area contributed by atoms with Gasteiger partial charge in [-0.15, -0.1) is 0 Å². The quantitative estimate of drug-likeness (QED) is 0.680. The normalized spacial score (nSPS) is 10.3. The minimum atomic E-state index is -0.285. The minimum absolute atomic E-state index is 0.285. The molecule has 0 saturated carbocycles. The van der Waals surface area contributed by atoms with Crippen molar-refractivity contribution in [3.8, 4) is 5.88 Å². The number of benzene rings is 1. The van der Waals surface area contributed by atoms with E-state index in [1.54, 1.807) is 18.3 Å². The highest BCUT2D eigenvalue weighted by Crippen LogP contribution is 2.21. The smallest absolute Gasteiger partial charge is 0.261 e. The molecule has 8 nitrogen and oxygen atoms in total. The standard InChI is InChI=1S/C20H22N6O2/c1-13-22-17(12-18(23-13)26(2)3)24-14-7-9-15(10-8-14)25-19(27)16-6-5-11-21-20(16)28-4/h5-12H,1-4H3,(H,25,27)(H,22,23,24). The van der Waals surface area contributed by atoms with Crippen LogP contribution in [0.15, 0.2) is 48.7 Å². The SMILES string of the molecule is COc1ncccc1C(=O)Nc1ccc(Nc2cc(N(C)C)nc(C)n2)cc1. The van der Waals surface area contributed by atoms with Crippen LogP contribution in [0.5, 0.6) is 5.88 Å². The van der Waals surface area contributed by atoms with Crippen LogP contribution in [0.3, 0.4) is 0 Å². The molecule has 0 aliphatic rings. The van der Waals surface area contributed by atoms with E-state index in [0.717, 1.165) is 11.5 Å². The van der Waals surface area contributed by atoms with Gasteiger partial charge < -0.3 is 20.3 Å². The fourth-order valence-corrected chi connectivity index (χ4v) is 2.55. The highest BCUT2D eigenvalue weighted by atomic mass is 16.5. The number of carbonyl (C=O) groups excluding carboxylic acids is 1. The predicted octanol–water partition coefficient (Wildman–Crippen LogP) is 3.25. The van der Waals surface area contributed by atoms with E-state index in [4.69, 9.17) is 4.74 Å². The number of carbonyl (C=O) groups is 1. The molecule has 0 atom stereocenters. The lowest BCUT2D eigenvalue weighted by Crippen LogP contribution is -2.13. The Morgan fingerprint density at radius 3 is 2.46 bits per heavy atom. The monoisotopic (exact) mass is 378 g/mol. The van der Waals surface area contributed by atoms with Crippen LogP contribution >= 0.6 is 0 Å². The van der Waals surface area contributed by atoms with Crippen molar-refractivity contribution in [2.75, 3.05) is 36.7 Å². The molecule has 2 aromatic heterocycles. The van der Waals surface area contributed by atoms with E-state index in [0.29, 0.717) is 22.9 Å². The van der Waals surface area contributed by atoms with Crippen LogP contribution in [0.2, 0.25) is 0 Å². The first-order valence-corrected chi connectivity index (χ1v) is 8.66. The van der Waals surface area contributed by atoms with E-state index in [9.17, 15) is 4.79 Å². The summed E-state index contributed by atoms with van der Waals surface area (Å²) in [5.41, 5.74) is 1.88. The summed E-state index contributed by atoms with van der Waals surface area (Å²) < 4.78 is 5.13. The zero-order valence-corrected chi connectivity index (χ0v) is 16.2. The molecule has 0 saturated heterocycles. The molecule has 1 aromatic carbocycles. The molecule has 0 bridgehead atoms. The third kappa shape index (κ3) is 4.53. The van der Waals surface area contributed by atoms with Gasteiger partial charge in [-0.25, -0.2) is 15.0 Å². The first kappa shape index (κ1) is 19.1. The second-order valence-corrected chi connectivity index (χ2v) is 6.27.